The number of nitrogens with one attached hydrogen (secondary N) is 2. The average Bonchev–Trinajstić information content (AvgIpc) is 2.69. The Hall–Kier alpha value is -3.22. The first kappa shape index (κ1) is 19.5. The number of carbonyl (C=O) groups excluding carboxylic acids is 2. The molecule has 7 heteroatoms. The van der Waals surface area contributed by atoms with Gasteiger partial charge in [0.05, 0.1) is 5.71 Å². The van der Waals surface area contributed by atoms with Gasteiger partial charge in [-0.1, -0.05) is 23.4 Å². The van der Waals surface area contributed by atoms with Crippen molar-refractivity contribution >= 4 is 23.2 Å². The lowest BCUT2D eigenvalue weighted by Crippen LogP contribution is -2.29. The van der Waals surface area contributed by atoms with E-state index < -0.39 is 0 Å². The van der Waals surface area contributed by atoms with Gasteiger partial charge in [-0.2, -0.15) is 0 Å². The van der Waals surface area contributed by atoms with E-state index in [0.29, 0.717) is 31.5 Å². The summed E-state index contributed by atoms with van der Waals surface area (Å²) in [6, 6.07) is 11.8. The first-order valence-electron chi connectivity index (χ1n) is 9.12. The fourth-order valence-electron chi connectivity index (χ4n) is 2.90. The van der Waals surface area contributed by atoms with Crippen molar-refractivity contribution in [2.45, 2.75) is 26.2 Å². The lowest BCUT2D eigenvalue weighted by Gasteiger charge is -2.17. The molecule has 1 aliphatic rings. The molecule has 0 saturated heterocycles. The number of anilines is 1. The predicted molar refractivity (Wildman–Crippen MR) is 105 cm³/mol. The Morgan fingerprint density at radius 1 is 1.21 bits per heavy atom. The molecule has 0 fully saturated rings. The highest BCUT2D eigenvalue weighted by Gasteiger charge is 2.15. The topological polar surface area (TPSA) is 79.8 Å². The van der Waals surface area contributed by atoms with Gasteiger partial charge >= 0.3 is 0 Å². The molecule has 3 rings (SSSR count). The fourth-order valence-corrected chi connectivity index (χ4v) is 2.90. The van der Waals surface area contributed by atoms with Gasteiger partial charge in [0.2, 0.25) is 5.91 Å². The van der Waals surface area contributed by atoms with E-state index >= 15 is 0 Å². The molecule has 2 aromatic carbocycles. The van der Waals surface area contributed by atoms with Crippen molar-refractivity contribution in [3.05, 3.63) is 65.0 Å². The number of hydrogen-bond donors (Lipinski definition) is 2. The molecule has 2 aromatic rings. The number of fused-ring (bicyclic) bond motifs is 1. The SMILES string of the molecule is CC(=NOCC(=O)NCCc1ccc(F)cc1)c1ccc2c(c1)CCC(=O)N2. The molecule has 6 nitrogen and oxygen atoms in total. The number of carbonyl (C=O) groups is 2. The minimum absolute atomic E-state index is 0.0272. The zero-order valence-electron chi connectivity index (χ0n) is 15.6. The van der Waals surface area contributed by atoms with Crippen LogP contribution in [0.25, 0.3) is 0 Å². The van der Waals surface area contributed by atoms with Crippen LogP contribution in [-0.4, -0.2) is 30.7 Å². The van der Waals surface area contributed by atoms with Crippen molar-refractivity contribution in [1.82, 2.24) is 5.32 Å². The van der Waals surface area contributed by atoms with E-state index in [1.807, 2.05) is 18.2 Å². The van der Waals surface area contributed by atoms with E-state index in [1.54, 1.807) is 19.1 Å². The fraction of sp³-hybridized carbons (Fsp3) is 0.286. The van der Waals surface area contributed by atoms with Gasteiger partial charge in [0.15, 0.2) is 6.61 Å². The van der Waals surface area contributed by atoms with E-state index in [1.165, 1.54) is 12.1 Å². The summed E-state index contributed by atoms with van der Waals surface area (Å²) in [6.45, 7) is 2.06. The monoisotopic (exact) mass is 383 g/mol. The summed E-state index contributed by atoms with van der Waals surface area (Å²) >= 11 is 0. The van der Waals surface area contributed by atoms with Gasteiger partial charge in [-0.15, -0.1) is 0 Å². The van der Waals surface area contributed by atoms with Gasteiger partial charge in [0, 0.05) is 18.7 Å². The minimum atomic E-state index is -0.280. The summed E-state index contributed by atoms with van der Waals surface area (Å²) in [7, 11) is 0. The highest BCUT2D eigenvalue weighted by molar-refractivity contribution is 6.00. The Balaban J connectivity index is 1.44. The van der Waals surface area contributed by atoms with Crippen molar-refractivity contribution in [1.29, 1.82) is 0 Å². The summed E-state index contributed by atoms with van der Waals surface area (Å²) in [5, 5.41) is 9.57. The van der Waals surface area contributed by atoms with Crippen LogP contribution in [0.3, 0.4) is 0 Å². The molecule has 0 aliphatic carbocycles. The summed E-state index contributed by atoms with van der Waals surface area (Å²) in [5.74, 6) is -0.524. The van der Waals surface area contributed by atoms with Gasteiger partial charge in [-0.05, 0) is 60.7 Å². The average molecular weight is 383 g/mol. The van der Waals surface area contributed by atoms with Crippen LogP contribution in [0.15, 0.2) is 47.6 Å². The summed E-state index contributed by atoms with van der Waals surface area (Å²) < 4.78 is 12.8. The van der Waals surface area contributed by atoms with Crippen molar-refractivity contribution in [3.63, 3.8) is 0 Å². The molecule has 0 radical (unpaired) electrons. The second-order valence-corrected chi connectivity index (χ2v) is 6.60. The molecule has 0 bridgehead atoms. The van der Waals surface area contributed by atoms with Crippen LogP contribution in [0.5, 0.6) is 0 Å². The molecule has 0 atom stereocenters. The molecular formula is C21H22FN3O3. The van der Waals surface area contributed by atoms with Crippen LogP contribution >= 0.6 is 0 Å². The Labute approximate surface area is 162 Å². The molecular weight excluding hydrogens is 361 g/mol. The van der Waals surface area contributed by atoms with E-state index in [2.05, 4.69) is 15.8 Å². The summed E-state index contributed by atoms with van der Waals surface area (Å²) in [5.41, 5.74) is 4.37. The number of oxime groups is 1. The lowest BCUT2D eigenvalue weighted by atomic mass is 9.99. The van der Waals surface area contributed by atoms with Gasteiger partial charge in [-0.3, -0.25) is 9.59 Å². The molecule has 0 saturated carbocycles. The minimum Gasteiger partial charge on any atom is -0.385 e. The predicted octanol–water partition coefficient (Wildman–Crippen LogP) is 2.81. The molecule has 28 heavy (non-hydrogen) atoms. The molecule has 0 unspecified atom stereocenters. The zero-order chi connectivity index (χ0) is 19.9. The van der Waals surface area contributed by atoms with Gasteiger partial charge in [0.1, 0.15) is 5.82 Å². The summed E-state index contributed by atoms with van der Waals surface area (Å²) in [6.07, 6.45) is 1.78. The van der Waals surface area contributed by atoms with Crippen LogP contribution in [0.2, 0.25) is 0 Å². The van der Waals surface area contributed by atoms with Gasteiger partial charge < -0.3 is 15.5 Å². The van der Waals surface area contributed by atoms with Crippen LogP contribution in [-0.2, 0) is 27.3 Å². The van der Waals surface area contributed by atoms with E-state index in [4.69, 9.17) is 4.84 Å². The number of aryl methyl sites for hydroxylation is 1. The highest BCUT2D eigenvalue weighted by atomic mass is 19.1. The van der Waals surface area contributed by atoms with Crippen molar-refractivity contribution in [2.24, 2.45) is 5.16 Å². The largest absolute Gasteiger partial charge is 0.385 e. The maximum Gasteiger partial charge on any atom is 0.260 e. The molecule has 0 spiro atoms. The third-order valence-electron chi connectivity index (χ3n) is 4.46. The highest BCUT2D eigenvalue weighted by Crippen LogP contribution is 2.23. The first-order valence-corrected chi connectivity index (χ1v) is 9.12. The lowest BCUT2D eigenvalue weighted by molar-refractivity contribution is -0.125. The van der Waals surface area contributed by atoms with Crippen molar-refractivity contribution < 1.29 is 18.8 Å². The molecule has 1 heterocycles. The van der Waals surface area contributed by atoms with E-state index in [9.17, 15) is 14.0 Å². The van der Waals surface area contributed by atoms with E-state index in [0.717, 1.165) is 22.4 Å². The molecule has 0 aromatic heterocycles. The quantitative estimate of drug-likeness (QED) is 0.570. The molecule has 2 amide bonds. The zero-order valence-corrected chi connectivity index (χ0v) is 15.6. The summed E-state index contributed by atoms with van der Waals surface area (Å²) in [4.78, 5) is 28.4. The number of hydrogen-bond acceptors (Lipinski definition) is 4. The number of benzene rings is 2. The van der Waals surface area contributed by atoms with Crippen LogP contribution < -0.4 is 10.6 Å². The Morgan fingerprint density at radius 2 is 2.00 bits per heavy atom. The second kappa shape index (κ2) is 9.12. The number of rotatable bonds is 7. The Kier molecular flexibility index (Phi) is 6.37. The second-order valence-electron chi connectivity index (χ2n) is 6.60. The Bertz CT molecular complexity index is 894. The number of nitrogens with zero attached hydrogens (tertiary/aromatic N) is 1. The number of halogens is 1. The standard InChI is InChI=1S/C21H22FN3O3/c1-14(16-4-8-19-17(12-16)5-9-20(26)24-19)25-28-13-21(27)23-11-10-15-2-6-18(22)7-3-15/h2-4,6-8,12H,5,9-11,13H2,1H3,(H,23,27)(H,24,26). The third-order valence-corrected chi connectivity index (χ3v) is 4.46. The number of amides is 2. The third kappa shape index (κ3) is 5.39. The maximum absolute atomic E-state index is 12.8. The van der Waals surface area contributed by atoms with Gasteiger partial charge in [0.25, 0.3) is 5.91 Å². The molecule has 146 valence electrons. The van der Waals surface area contributed by atoms with Crippen molar-refractivity contribution in [3.8, 4) is 0 Å². The van der Waals surface area contributed by atoms with Crippen molar-refractivity contribution in [2.75, 3.05) is 18.5 Å². The van der Waals surface area contributed by atoms with Crippen LogP contribution in [0.4, 0.5) is 10.1 Å². The van der Waals surface area contributed by atoms with Crippen LogP contribution in [0.1, 0.15) is 30.0 Å². The first-order chi connectivity index (χ1) is 13.5. The normalized spacial score (nSPS) is 13.5. The smallest absolute Gasteiger partial charge is 0.260 e. The molecule has 1 aliphatic heterocycles. The van der Waals surface area contributed by atoms with E-state index in [-0.39, 0.29) is 24.2 Å². The molecule has 2 N–H and O–H groups in total. The maximum atomic E-state index is 12.8. The van der Waals surface area contributed by atoms with Crippen LogP contribution in [0, 0.1) is 5.82 Å². The Morgan fingerprint density at radius 3 is 2.79 bits per heavy atom. The van der Waals surface area contributed by atoms with Gasteiger partial charge in [-0.25, -0.2) is 4.39 Å².